The van der Waals surface area contributed by atoms with Crippen LogP contribution in [0.3, 0.4) is 0 Å². The molecule has 0 N–H and O–H groups in total. The van der Waals surface area contributed by atoms with Crippen LogP contribution >= 0.6 is 7.14 Å². The number of hydrogen-bond acceptors (Lipinski definition) is 2. The minimum absolute atomic E-state index is 0.960. The van der Waals surface area contributed by atoms with Crippen LogP contribution in [0.1, 0.15) is 0 Å². The van der Waals surface area contributed by atoms with E-state index in [1.54, 1.807) is 6.20 Å². The van der Waals surface area contributed by atoms with Crippen molar-refractivity contribution in [2.45, 2.75) is 0 Å². The minimum Gasteiger partial charge on any atom is -0.314 e. The molecule has 2 nitrogen and oxygen atoms in total. The predicted molar refractivity (Wildman–Crippen MR) is 174 cm³/mol. The molecule has 8 rings (SSSR count). The van der Waals surface area contributed by atoms with Crippen LogP contribution in [-0.4, -0.2) is 11.6 Å². The maximum Gasteiger partial charge on any atom is 0.141 e. The molecular weight excluding hydrogens is 517 g/mol. The second-order valence-corrected chi connectivity index (χ2v) is 13.6. The Morgan fingerprint density at radius 1 is 0.488 bits per heavy atom. The summed E-state index contributed by atoms with van der Waals surface area (Å²) in [5.41, 5.74) is 9.23. The van der Waals surface area contributed by atoms with Crippen LogP contribution in [0, 0.1) is 0 Å². The SMILES string of the molecule is CP1(=O)c2ccccc2-c2cc(-c3c4ccccc4c(-c4ccc(-c5cccnc5)cc4)c4ccccc34)ccc21. The Hall–Kier alpha value is -4.78. The number of rotatable bonds is 3. The van der Waals surface area contributed by atoms with Crippen molar-refractivity contribution in [3.8, 4) is 44.5 Å². The van der Waals surface area contributed by atoms with Crippen molar-refractivity contribution in [1.29, 1.82) is 0 Å². The summed E-state index contributed by atoms with van der Waals surface area (Å²) in [6.07, 6.45) is 3.71. The van der Waals surface area contributed by atoms with Gasteiger partial charge in [-0.05, 0) is 90.9 Å². The minimum atomic E-state index is -2.61. The first-order valence-corrected chi connectivity index (χ1v) is 16.0. The van der Waals surface area contributed by atoms with E-state index in [0.29, 0.717) is 0 Å². The standard InChI is InChI=1S/C38H26NOP/c1-41(40)35-15-7-6-10-29(35)34-23-27(20-21-36(34)41)38-32-13-4-2-11-30(32)37(31-12-3-5-14-33(31)38)26-18-16-25(17-19-26)28-9-8-22-39-24-28/h2-24H,1H3. The van der Waals surface area contributed by atoms with Gasteiger partial charge in [-0.25, -0.2) is 0 Å². The second kappa shape index (κ2) is 9.13. The molecule has 0 spiro atoms. The van der Waals surface area contributed by atoms with E-state index in [2.05, 4.69) is 108 Å². The van der Waals surface area contributed by atoms with E-state index in [9.17, 15) is 4.57 Å². The van der Waals surface area contributed by atoms with E-state index in [-0.39, 0.29) is 0 Å². The molecule has 194 valence electrons. The molecule has 0 saturated heterocycles. The maximum atomic E-state index is 13.8. The van der Waals surface area contributed by atoms with Gasteiger partial charge in [-0.3, -0.25) is 4.98 Å². The summed E-state index contributed by atoms with van der Waals surface area (Å²) in [6, 6.07) is 45.0. The first-order valence-electron chi connectivity index (χ1n) is 13.9. The lowest BCUT2D eigenvalue weighted by Crippen LogP contribution is -2.07. The van der Waals surface area contributed by atoms with Crippen LogP contribution in [-0.2, 0) is 4.57 Å². The highest BCUT2D eigenvalue weighted by Gasteiger charge is 2.34. The first kappa shape index (κ1) is 24.1. The molecule has 1 atom stereocenters. The monoisotopic (exact) mass is 543 g/mol. The summed E-state index contributed by atoms with van der Waals surface area (Å²) >= 11 is 0. The van der Waals surface area contributed by atoms with Crippen molar-refractivity contribution in [3.63, 3.8) is 0 Å². The van der Waals surface area contributed by atoms with Crippen LogP contribution in [0.15, 0.2) is 140 Å². The Kier molecular flexibility index (Phi) is 5.35. The highest BCUT2D eigenvalue weighted by atomic mass is 31.2. The van der Waals surface area contributed by atoms with Gasteiger partial charge in [-0.15, -0.1) is 0 Å². The Bertz CT molecular complexity index is 2130. The lowest BCUT2D eigenvalue weighted by Gasteiger charge is -2.18. The van der Waals surface area contributed by atoms with Gasteiger partial charge in [0.15, 0.2) is 0 Å². The third kappa shape index (κ3) is 3.65. The van der Waals surface area contributed by atoms with Gasteiger partial charge in [0.2, 0.25) is 0 Å². The molecule has 1 aliphatic rings. The zero-order valence-electron chi connectivity index (χ0n) is 22.6. The quantitative estimate of drug-likeness (QED) is 0.164. The fraction of sp³-hybridized carbons (Fsp3) is 0.0263. The van der Waals surface area contributed by atoms with Gasteiger partial charge in [-0.2, -0.15) is 0 Å². The van der Waals surface area contributed by atoms with Crippen molar-refractivity contribution in [1.82, 2.24) is 4.98 Å². The maximum absolute atomic E-state index is 13.8. The van der Waals surface area contributed by atoms with E-state index in [4.69, 9.17) is 0 Å². The summed E-state index contributed by atoms with van der Waals surface area (Å²) in [5, 5.41) is 6.79. The largest absolute Gasteiger partial charge is 0.314 e. The van der Waals surface area contributed by atoms with E-state index >= 15 is 0 Å². The predicted octanol–water partition coefficient (Wildman–Crippen LogP) is 9.31. The molecule has 41 heavy (non-hydrogen) atoms. The number of benzene rings is 6. The van der Waals surface area contributed by atoms with Crippen molar-refractivity contribution in [2.75, 3.05) is 6.66 Å². The van der Waals surface area contributed by atoms with Gasteiger partial charge in [0, 0.05) is 23.0 Å². The second-order valence-electron chi connectivity index (χ2n) is 10.8. The third-order valence-electron chi connectivity index (χ3n) is 8.50. The first-order chi connectivity index (χ1) is 20.1. The van der Waals surface area contributed by atoms with Gasteiger partial charge in [-0.1, -0.05) is 109 Å². The summed E-state index contributed by atoms with van der Waals surface area (Å²) in [6.45, 7) is 1.90. The van der Waals surface area contributed by atoms with Gasteiger partial charge >= 0.3 is 0 Å². The van der Waals surface area contributed by atoms with Gasteiger partial charge in [0.25, 0.3) is 0 Å². The highest BCUT2D eigenvalue weighted by molar-refractivity contribution is 7.79. The topological polar surface area (TPSA) is 30.0 Å². The molecule has 3 heteroatoms. The molecule has 0 fully saturated rings. The number of fused-ring (bicyclic) bond motifs is 5. The van der Waals surface area contributed by atoms with Gasteiger partial charge in [0.05, 0.1) is 0 Å². The summed E-state index contributed by atoms with van der Waals surface area (Å²) in [4.78, 5) is 4.29. The van der Waals surface area contributed by atoms with Crippen LogP contribution in [0.5, 0.6) is 0 Å². The van der Waals surface area contributed by atoms with Crippen LogP contribution in [0.2, 0.25) is 0 Å². The van der Waals surface area contributed by atoms with E-state index < -0.39 is 7.14 Å². The van der Waals surface area contributed by atoms with E-state index in [1.165, 1.54) is 38.2 Å². The van der Waals surface area contributed by atoms with Crippen LogP contribution < -0.4 is 10.6 Å². The molecule has 0 bridgehead atoms. The molecule has 2 heterocycles. The molecule has 1 aliphatic heterocycles. The zero-order valence-corrected chi connectivity index (χ0v) is 23.5. The van der Waals surface area contributed by atoms with Crippen LogP contribution in [0.4, 0.5) is 0 Å². The molecule has 0 amide bonds. The number of pyridine rings is 1. The number of aromatic nitrogens is 1. The fourth-order valence-corrected chi connectivity index (χ4v) is 8.88. The lowest BCUT2D eigenvalue weighted by molar-refractivity contribution is 0.591. The van der Waals surface area contributed by atoms with Crippen molar-refractivity contribution < 1.29 is 4.57 Å². The molecule has 0 saturated carbocycles. The number of nitrogens with zero attached hydrogens (tertiary/aromatic N) is 1. The molecule has 7 aromatic rings. The molecule has 0 radical (unpaired) electrons. The van der Waals surface area contributed by atoms with E-state index in [1.807, 2.05) is 37.1 Å². The Balaban J connectivity index is 1.38. The summed E-state index contributed by atoms with van der Waals surface area (Å²) in [5.74, 6) is 0. The number of hydrogen-bond donors (Lipinski definition) is 0. The fourth-order valence-electron chi connectivity index (χ4n) is 6.60. The highest BCUT2D eigenvalue weighted by Crippen LogP contribution is 2.51. The van der Waals surface area contributed by atoms with Crippen molar-refractivity contribution >= 4 is 39.3 Å². The normalized spacial score (nSPS) is 15.6. The Morgan fingerprint density at radius 2 is 1.02 bits per heavy atom. The smallest absolute Gasteiger partial charge is 0.141 e. The zero-order chi connectivity index (χ0) is 27.6. The Morgan fingerprint density at radius 3 is 1.66 bits per heavy atom. The van der Waals surface area contributed by atoms with Crippen LogP contribution in [0.25, 0.3) is 66.1 Å². The van der Waals surface area contributed by atoms with Crippen molar-refractivity contribution in [3.05, 3.63) is 140 Å². The lowest BCUT2D eigenvalue weighted by atomic mass is 9.85. The molecule has 1 aromatic heterocycles. The summed E-state index contributed by atoms with van der Waals surface area (Å²) < 4.78 is 13.8. The molecule has 6 aromatic carbocycles. The Labute approximate surface area is 239 Å². The van der Waals surface area contributed by atoms with Crippen molar-refractivity contribution in [2.24, 2.45) is 0 Å². The summed E-state index contributed by atoms with van der Waals surface area (Å²) in [7, 11) is -2.61. The molecule has 1 unspecified atom stereocenters. The third-order valence-corrected chi connectivity index (χ3v) is 11.1. The average molecular weight is 544 g/mol. The average Bonchev–Trinajstić information content (AvgIpc) is 3.26. The molecular formula is C38H26NOP. The van der Waals surface area contributed by atoms with Gasteiger partial charge < -0.3 is 4.57 Å². The molecule has 0 aliphatic carbocycles. The van der Waals surface area contributed by atoms with E-state index in [0.717, 1.165) is 38.4 Å². The van der Waals surface area contributed by atoms with Gasteiger partial charge in [0.1, 0.15) is 7.14 Å².